The number of ether oxygens (including phenoxy) is 1. The molecule has 1 fully saturated rings. The molecule has 0 N–H and O–H groups in total. The van der Waals surface area contributed by atoms with E-state index in [1.54, 1.807) is 18.6 Å². The molecule has 3 aromatic rings. The van der Waals surface area contributed by atoms with Crippen LogP contribution in [0.4, 0.5) is 5.82 Å². The number of pyridine rings is 2. The zero-order chi connectivity index (χ0) is 17.1. The fraction of sp³-hybridized carbons (Fsp3) is 0.368. The zero-order valence-electron chi connectivity index (χ0n) is 14.3. The van der Waals surface area contributed by atoms with Crippen LogP contribution in [-0.4, -0.2) is 39.6 Å². The monoisotopic (exact) mass is 335 g/mol. The summed E-state index contributed by atoms with van der Waals surface area (Å²) in [5, 5.41) is 1.07. The van der Waals surface area contributed by atoms with Crippen molar-refractivity contribution in [2.45, 2.75) is 19.8 Å². The Morgan fingerprint density at radius 2 is 1.96 bits per heavy atom. The van der Waals surface area contributed by atoms with E-state index < -0.39 is 0 Å². The van der Waals surface area contributed by atoms with Crippen molar-refractivity contribution in [3.8, 4) is 5.75 Å². The van der Waals surface area contributed by atoms with Crippen molar-refractivity contribution in [2.24, 2.45) is 5.92 Å². The lowest BCUT2D eigenvalue weighted by molar-refractivity contribution is 0.228. The average Bonchev–Trinajstić information content (AvgIpc) is 2.67. The van der Waals surface area contributed by atoms with Crippen LogP contribution < -0.4 is 9.64 Å². The molecule has 4 rings (SSSR count). The molecule has 0 spiro atoms. The largest absolute Gasteiger partial charge is 0.493 e. The minimum absolute atomic E-state index is 0.481. The molecule has 4 heterocycles. The Hall–Kier alpha value is -2.76. The van der Waals surface area contributed by atoms with E-state index in [0.717, 1.165) is 47.8 Å². The summed E-state index contributed by atoms with van der Waals surface area (Å²) in [6.07, 6.45) is 9.43. The molecule has 0 saturated carbocycles. The van der Waals surface area contributed by atoms with E-state index in [-0.39, 0.29) is 0 Å². The molecule has 1 saturated heterocycles. The summed E-state index contributed by atoms with van der Waals surface area (Å²) in [7, 11) is 0. The van der Waals surface area contributed by atoms with Crippen LogP contribution in [0.1, 0.15) is 18.7 Å². The molecular formula is C19H21N5O. The number of anilines is 1. The molecule has 25 heavy (non-hydrogen) atoms. The van der Waals surface area contributed by atoms with Gasteiger partial charge in [0.15, 0.2) is 0 Å². The van der Waals surface area contributed by atoms with Gasteiger partial charge in [-0.05, 0) is 38.0 Å². The lowest BCUT2D eigenvalue weighted by atomic mass is 9.98. The second-order valence-electron chi connectivity index (χ2n) is 6.44. The molecule has 3 aromatic heterocycles. The van der Waals surface area contributed by atoms with Gasteiger partial charge in [-0.1, -0.05) is 0 Å². The van der Waals surface area contributed by atoms with Crippen LogP contribution in [0.2, 0.25) is 0 Å². The van der Waals surface area contributed by atoms with Gasteiger partial charge < -0.3 is 9.64 Å². The van der Waals surface area contributed by atoms with Crippen LogP contribution in [0.15, 0.2) is 43.0 Å². The zero-order valence-corrected chi connectivity index (χ0v) is 14.3. The SMILES string of the molecule is Cc1nc(N2CCCC(COc3ccncc3)C2)c2ccncc2n1. The van der Waals surface area contributed by atoms with Crippen LogP contribution in [0.3, 0.4) is 0 Å². The van der Waals surface area contributed by atoms with E-state index in [0.29, 0.717) is 12.5 Å². The first kappa shape index (κ1) is 15.7. The maximum absolute atomic E-state index is 5.93. The molecule has 1 aliphatic heterocycles. The third-order valence-electron chi connectivity index (χ3n) is 4.54. The predicted octanol–water partition coefficient (Wildman–Crippen LogP) is 3.02. The Kier molecular flexibility index (Phi) is 4.41. The van der Waals surface area contributed by atoms with Gasteiger partial charge in [-0.25, -0.2) is 9.97 Å². The van der Waals surface area contributed by atoms with E-state index in [4.69, 9.17) is 9.72 Å². The number of nitrogens with zero attached hydrogens (tertiary/aromatic N) is 5. The van der Waals surface area contributed by atoms with Crippen LogP contribution >= 0.6 is 0 Å². The molecule has 0 amide bonds. The maximum Gasteiger partial charge on any atom is 0.140 e. The summed E-state index contributed by atoms with van der Waals surface area (Å²) in [6.45, 7) is 4.60. The van der Waals surface area contributed by atoms with Crippen molar-refractivity contribution in [3.05, 3.63) is 48.8 Å². The van der Waals surface area contributed by atoms with Gasteiger partial charge in [0, 0.05) is 43.0 Å². The van der Waals surface area contributed by atoms with Crippen molar-refractivity contribution >= 4 is 16.7 Å². The molecule has 1 atom stereocenters. The molecule has 0 bridgehead atoms. The summed E-state index contributed by atoms with van der Waals surface area (Å²) in [5.41, 5.74) is 0.903. The first-order valence-corrected chi connectivity index (χ1v) is 8.66. The predicted molar refractivity (Wildman–Crippen MR) is 96.7 cm³/mol. The van der Waals surface area contributed by atoms with Gasteiger partial charge in [-0.15, -0.1) is 0 Å². The molecule has 6 heteroatoms. The van der Waals surface area contributed by atoms with E-state index in [2.05, 4.69) is 19.9 Å². The highest BCUT2D eigenvalue weighted by Gasteiger charge is 2.23. The number of hydrogen-bond donors (Lipinski definition) is 0. The number of rotatable bonds is 4. The van der Waals surface area contributed by atoms with Crippen LogP contribution in [0.5, 0.6) is 5.75 Å². The van der Waals surface area contributed by atoms with Crippen molar-refractivity contribution in [3.63, 3.8) is 0 Å². The highest BCUT2D eigenvalue weighted by atomic mass is 16.5. The van der Waals surface area contributed by atoms with E-state index in [1.165, 1.54) is 6.42 Å². The molecule has 128 valence electrons. The molecule has 0 aliphatic carbocycles. The van der Waals surface area contributed by atoms with Gasteiger partial charge in [0.25, 0.3) is 0 Å². The Bertz CT molecular complexity index is 855. The minimum atomic E-state index is 0.481. The maximum atomic E-state index is 5.93. The number of aromatic nitrogens is 4. The third-order valence-corrected chi connectivity index (χ3v) is 4.54. The fourth-order valence-corrected chi connectivity index (χ4v) is 3.36. The molecule has 6 nitrogen and oxygen atoms in total. The minimum Gasteiger partial charge on any atom is -0.493 e. The van der Waals surface area contributed by atoms with Crippen LogP contribution in [0, 0.1) is 12.8 Å². The molecule has 0 radical (unpaired) electrons. The second kappa shape index (κ2) is 7.01. The number of piperidine rings is 1. The normalized spacial score (nSPS) is 17.6. The quantitative estimate of drug-likeness (QED) is 0.730. The van der Waals surface area contributed by atoms with Gasteiger partial charge in [0.05, 0.1) is 18.3 Å². The van der Waals surface area contributed by atoms with Gasteiger partial charge >= 0.3 is 0 Å². The average molecular weight is 335 g/mol. The summed E-state index contributed by atoms with van der Waals surface area (Å²) in [5.74, 6) is 3.15. The molecule has 1 unspecified atom stereocenters. The topological polar surface area (TPSA) is 64.0 Å². The molecule has 1 aliphatic rings. The summed E-state index contributed by atoms with van der Waals surface area (Å²) in [4.78, 5) is 19.8. The summed E-state index contributed by atoms with van der Waals surface area (Å²) in [6, 6.07) is 5.80. The van der Waals surface area contributed by atoms with Crippen molar-refractivity contribution < 1.29 is 4.74 Å². The molecule has 0 aromatic carbocycles. The lowest BCUT2D eigenvalue weighted by Gasteiger charge is -2.34. The van der Waals surface area contributed by atoms with Crippen LogP contribution in [-0.2, 0) is 0 Å². The lowest BCUT2D eigenvalue weighted by Crippen LogP contribution is -2.38. The van der Waals surface area contributed by atoms with Gasteiger partial charge in [-0.3, -0.25) is 9.97 Å². The summed E-state index contributed by atoms with van der Waals surface area (Å²) >= 11 is 0. The van der Waals surface area contributed by atoms with Gasteiger partial charge in [-0.2, -0.15) is 0 Å². The Labute approximate surface area is 146 Å². The van der Waals surface area contributed by atoms with E-state index in [9.17, 15) is 0 Å². The smallest absolute Gasteiger partial charge is 0.140 e. The Balaban J connectivity index is 1.51. The Morgan fingerprint density at radius 1 is 1.12 bits per heavy atom. The second-order valence-corrected chi connectivity index (χ2v) is 6.44. The molecular weight excluding hydrogens is 314 g/mol. The Morgan fingerprint density at radius 3 is 2.84 bits per heavy atom. The van der Waals surface area contributed by atoms with Gasteiger partial charge in [0.1, 0.15) is 17.4 Å². The number of aryl methyl sites for hydroxylation is 1. The highest BCUT2D eigenvalue weighted by Crippen LogP contribution is 2.28. The van der Waals surface area contributed by atoms with E-state index >= 15 is 0 Å². The third kappa shape index (κ3) is 3.52. The first-order chi connectivity index (χ1) is 12.3. The standard InChI is InChI=1S/C19H21N5O/c1-14-22-18-11-21-9-6-17(18)19(23-14)24-10-2-3-15(12-24)13-25-16-4-7-20-8-5-16/h4-9,11,15H,2-3,10,12-13H2,1H3. The van der Waals surface area contributed by atoms with Gasteiger partial charge in [0.2, 0.25) is 0 Å². The van der Waals surface area contributed by atoms with E-state index in [1.807, 2.05) is 31.3 Å². The first-order valence-electron chi connectivity index (χ1n) is 8.66. The number of fused-ring (bicyclic) bond motifs is 1. The van der Waals surface area contributed by atoms with Crippen molar-refractivity contribution in [1.82, 2.24) is 19.9 Å². The van der Waals surface area contributed by atoms with Crippen LogP contribution in [0.25, 0.3) is 10.9 Å². The fourth-order valence-electron chi connectivity index (χ4n) is 3.36. The highest BCUT2D eigenvalue weighted by molar-refractivity contribution is 5.88. The van der Waals surface area contributed by atoms with Crippen molar-refractivity contribution in [2.75, 3.05) is 24.6 Å². The summed E-state index contributed by atoms with van der Waals surface area (Å²) < 4.78 is 5.93. The van der Waals surface area contributed by atoms with Crippen molar-refractivity contribution in [1.29, 1.82) is 0 Å². The number of hydrogen-bond acceptors (Lipinski definition) is 6.